The zero-order valence-electron chi connectivity index (χ0n) is 17.5. The number of benzene rings is 2. The van der Waals surface area contributed by atoms with E-state index in [1.807, 2.05) is 6.92 Å². The van der Waals surface area contributed by atoms with Gasteiger partial charge in [0, 0.05) is 0 Å². The van der Waals surface area contributed by atoms with E-state index < -0.39 is 17.4 Å². The molecule has 0 aliphatic carbocycles. The van der Waals surface area contributed by atoms with Gasteiger partial charge >= 0.3 is 0 Å². The van der Waals surface area contributed by atoms with Crippen molar-refractivity contribution < 1.29 is 4.39 Å². The van der Waals surface area contributed by atoms with E-state index in [0.717, 1.165) is 0 Å². The lowest BCUT2D eigenvalue weighted by atomic mass is 10.1. The summed E-state index contributed by atoms with van der Waals surface area (Å²) >= 11 is 18.9. The molecule has 0 aliphatic heterocycles. The number of rotatable bonds is 5. The molecule has 0 saturated heterocycles. The van der Waals surface area contributed by atoms with Crippen LogP contribution in [0.25, 0.3) is 27.8 Å². The van der Waals surface area contributed by atoms with Gasteiger partial charge < -0.3 is 10.3 Å². The van der Waals surface area contributed by atoms with Crippen molar-refractivity contribution in [1.82, 2.24) is 29.5 Å². The van der Waals surface area contributed by atoms with Crippen molar-refractivity contribution in [3.05, 3.63) is 80.0 Å². The van der Waals surface area contributed by atoms with Crippen molar-refractivity contribution in [2.75, 3.05) is 5.32 Å². The number of hydrogen-bond acceptors (Lipinski definition) is 6. The molecule has 2 N–H and O–H groups in total. The van der Waals surface area contributed by atoms with E-state index in [9.17, 15) is 9.18 Å². The van der Waals surface area contributed by atoms with Gasteiger partial charge in [-0.25, -0.2) is 24.3 Å². The second-order valence-corrected chi connectivity index (χ2v) is 8.53. The summed E-state index contributed by atoms with van der Waals surface area (Å²) in [6.45, 7) is 1.92. The molecule has 5 rings (SSSR count). The molecule has 3 heterocycles. The maximum Gasteiger partial charge on any atom is 0.267 e. The van der Waals surface area contributed by atoms with Crippen LogP contribution in [-0.2, 0) is 0 Å². The standard InChI is InChI=1S/C22H15Cl3FN7O/c1-2-12(31-20-18-19(28-8-27-18)29-9-30-20)21-32-13-7-6-11(26)17(25)15(13)22(34)33(21)14-5-3-4-10(23)16(14)24/h3-9,12H,2H2,1H3,(H2,27,28,29,30,31)/t12-/m0/s1. The molecule has 34 heavy (non-hydrogen) atoms. The maximum absolute atomic E-state index is 14.2. The number of anilines is 1. The van der Waals surface area contributed by atoms with Crippen molar-refractivity contribution in [3.63, 3.8) is 0 Å². The molecule has 12 heteroatoms. The second-order valence-electron chi connectivity index (χ2n) is 7.37. The second kappa shape index (κ2) is 8.83. The summed E-state index contributed by atoms with van der Waals surface area (Å²) in [6, 6.07) is 6.94. The van der Waals surface area contributed by atoms with E-state index in [4.69, 9.17) is 39.8 Å². The van der Waals surface area contributed by atoms with Crippen molar-refractivity contribution in [2.45, 2.75) is 19.4 Å². The number of fused-ring (bicyclic) bond motifs is 2. The number of nitrogens with one attached hydrogen (secondary N) is 2. The largest absolute Gasteiger partial charge is 0.358 e. The van der Waals surface area contributed by atoms with Crippen LogP contribution in [0.15, 0.2) is 47.8 Å². The Morgan fingerprint density at radius 2 is 1.94 bits per heavy atom. The van der Waals surface area contributed by atoms with Gasteiger partial charge in [-0.15, -0.1) is 0 Å². The van der Waals surface area contributed by atoms with Gasteiger partial charge in [-0.2, -0.15) is 0 Å². The van der Waals surface area contributed by atoms with Crippen molar-refractivity contribution in [2.24, 2.45) is 0 Å². The molecule has 0 spiro atoms. The molecule has 5 aromatic rings. The van der Waals surface area contributed by atoms with Crippen LogP contribution >= 0.6 is 34.8 Å². The number of imidazole rings is 1. The Morgan fingerprint density at radius 3 is 2.74 bits per heavy atom. The predicted octanol–water partition coefficient (Wildman–Crippen LogP) is 5.71. The lowest BCUT2D eigenvalue weighted by Gasteiger charge is -2.23. The highest BCUT2D eigenvalue weighted by Gasteiger charge is 2.25. The lowest BCUT2D eigenvalue weighted by Crippen LogP contribution is -2.29. The van der Waals surface area contributed by atoms with Gasteiger partial charge in [-0.05, 0) is 30.7 Å². The summed E-state index contributed by atoms with van der Waals surface area (Å²) in [5, 5.41) is 3.31. The van der Waals surface area contributed by atoms with Gasteiger partial charge in [-0.1, -0.05) is 47.8 Å². The van der Waals surface area contributed by atoms with Crippen LogP contribution in [0.4, 0.5) is 10.2 Å². The van der Waals surface area contributed by atoms with Crippen LogP contribution < -0.4 is 10.9 Å². The number of nitrogens with zero attached hydrogens (tertiary/aromatic N) is 5. The minimum Gasteiger partial charge on any atom is -0.358 e. The van der Waals surface area contributed by atoms with Gasteiger partial charge in [-0.3, -0.25) is 9.36 Å². The summed E-state index contributed by atoms with van der Waals surface area (Å²) in [4.78, 5) is 34.1. The molecule has 0 saturated carbocycles. The molecular weight excluding hydrogens is 504 g/mol. The highest BCUT2D eigenvalue weighted by atomic mass is 35.5. The highest BCUT2D eigenvalue weighted by molar-refractivity contribution is 6.43. The molecule has 2 aromatic carbocycles. The van der Waals surface area contributed by atoms with Gasteiger partial charge in [0.2, 0.25) is 0 Å². The summed E-state index contributed by atoms with van der Waals surface area (Å²) < 4.78 is 15.5. The zero-order valence-corrected chi connectivity index (χ0v) is 19.7. The first-order chi connectivity index (χ1) is 16.4. The minimum absolute atomic E-state index is 0.0620. The van der Waals surface area contributed by atoms with Crippen LogP contribution in [0.3, 0.4) is 0 Å². The SMILES string of the molecule is CC[C@H](Nc1ncnc2[nH]cnc12)c1nc2ccc(F)c(Cl)c2c(=O)n1-c1cccc(Cl)c1Cl. The van der Waals surface area contributed by atoms with E-state index in [2.05, 4.69) is 25.3 Å². The topological polar surface area (TPSA) is 101 Å². The zero-order chi connectivity index (χ0) is 24.0. The Bertz CT molecular complexity index is 1620. The number of aromatic nitrogens is 6. The van der Waals surface area contributed by atoms with Crippen molar-refractivity contribution >= 4 is 62.7 Å². The average molecular weight is 519 g/mol. The fourth-order valence-electron chi connectivity index (χ4n) is 3.74. The summed E-state index contributed by atoms with van der Waals surface area (Å²) in [5.41, 5.74) is 1.03. The third kappa shape index (κ3) is 3.66. The average Bonchev–Trinajstić information content (AvgIpc) is 3.31. The highest BCUT2D eigenvalue weighted by Crippen LogP contribution is 2.33. The minimum atomic E-state index is -0.725. The molecule has 3 aromatic heterocycles. The van der Waals surface area contributed by atoms with Gasteiger partial charge in [0.25, 0.3) is 5.56 Å². The maximum atomic E-state index is 14.2. The Labute approximate surface area is 206 Å². The number of aromatic amines is 1. The van der Waals surface area contributed by atoms with E-state index in [1.54, 1.807) is 18.2 Å². The first-order valence-electron chi connectivity index (χ1n) is 10.2. The third-order valence-electron chi connectivity index (χ3n) is 5.37. The number of hydrogen-bond donors (Lipinski definition) is 2. The summed E-state index contributed by atoms with van der Waals surface area (Å²) in [7, 11) is 0. The molecule has 1 atom stereocenters. The molecule has 0 fully saturated rings. The Hall–Kier alpha value is -3.27. The van der Waals surface area contributed by atoms with E-state index in [-0.39, 0.29) is 31.7 Å². The fourth-order valence-corrected chi connectivity index (χ4v) is 4.36. The number of halogens is 4. The molecule has 0 amide bonds. The monoisotopic (exact) mass is 517 g/mol. The third-order valence-corrected chi connectivity index (χ3v) is 6.55. The molecular formula is C22H15Cl3FN7O. The molecule has 8 nitrogen and oxygen atoms in total. The molecule has 172 valence electrons. The molecule has 0 radical (unpaired) electrons. The van der Waals surface area contributed by atoms with Crippen LogP contribution in [0.2, 0.25) is 15.1 Å². The quantitative estimate of drug-likeness (QED) is 0.309. The van der Waals surface area contributed by atoms with Crippen molar-refractivity contribution in [3.8, 4) is 5.69 Å². The van der Waals surface area contributed by atoms with Gasteiger partial charge in [0.1, 0.15) is 23.5 Å². The molecule has 0 bridgehead atoms. The van der Waals surface area contributed by atoms with Crippen LogP contribution in [0.5, 0.6) is 0 Å². The van der Waals surface area contributed by atoms with E-state index >= 15 is 0 Å². The summed E-state index contributed by atoms with van der Waals surface area (Å²) in [5.74, 6) is 0.0408. The molecule has 0 unspecified atom stereocenters. The molecule has 0 aliphatic rings. The van der Waals surface area contributed by atoms with E-state index in [1.165, 1.54) is 29.4 Å². The van der Waals surface area contributed by atoms with E-state index in [0.29, 0.717) is 29.2 Å². The first-order valence-corrected chi connectivity index (χ1v) is 11.3. The Morgan fingerprint density at radius 1 is 1.12 bits per heavy atom. The normalized spacial score (nSPS) is 12.4. The van der Waals surface area contributed by atoms with Crippen LogP contribution in [-0.4, -0.2) is 29.5 Å². The predicted molar refractivity (Wildman–Crippen MR) is 131 cm³/mol. The number of H-pyrrole nitrogens is 1. The Balaban J connectivity index is 1.79. The lowest BCUT2D eigenvalue weighted by molar-refractivity contribution is 0.628. The van der Waals surface area contributed by atoms with Gasteiger partial charge in [0.15, 0.2) is 11.5 Å². The Kier molecular flexibility index (Phi) is 5.85. The first kappa shape index (κ1) is 22.5. The fraction of sp³-hybridized carbons (Fsp3) is 0.136. The van der Waals surface area contributed by atoms with Crippen LogP contribution in [0.1, 0.15) is 25.2 Å². The van der Waals surface area contributed by atoms with Crippen LogP contribution in [0, 0.1) is 5.82 Å². The summed E-state index contributed by atoms with van der Waals surface area (Å²) in [6.07, 6.45) is 3.41. The van der Waals surface area contributed by atoms with Gasteiger partial charge in [0.05, 0.1) is 44.0 Å². The smallest absolute Gasteiger partial charge is 0.267 e. The van der Waals surface area contributed by atoms with Crippen molar-refractivity contribution in [1.29, 1.82) is 0 Å².